The van der Waals surface area contributed by atoms with Crippen molar-refractivity contribution in [2.45, 2.75) is 23.7 Å². The van der Waals surface area contributed by atoms with E-state index in [1.54, 1.807) is 9.80 Å². The molecule has 5 rings (SSSR count). The summed E-state index contributed by atoms with van der Waals surface area (Å²) in [6.45, 7) is 4.67. The number of rotatable bonds is 3. The molecule has 1 unspecified atom stereocenters. The van der Waals surface area contributed by atoms with Crippen LogP contribution in [0.4, 0.5) is 23.4 Å². The Bertz CT molecular complexity index is 1520. The molecule has 13 heteroatoms. The van der Waals surface area contributed by atoms with E-state index in [0.717, 1.165) is 30.0 Å². The van der Waals surface area contributed by atoms with Crippen molar-refractivity contribution < 1.29 is 22.4 Å². The Hall–Kier alpha value is -3.09. The van der Waals surface area contributed by atoms with Crippen LogP contribution in [0.25, 0.3) is 22.0 Å². The molecule has 2 aromatic carbocycles. The summed E-state index contributed by atoms with van der Waals surface area (Å²) in [4.78, 5) is 32.9. The van der Waals surface area contributed by atoms with Crippen LogP contribution in [0.15, 0.2) is 46.6 Å². The summed E-state index contributed by atoms with van der Waals surface area (Å²) in [5.41, 5.74) is 4.75. The minimum absolute atomic E-state index is 0.0671. The zero-order chi connectivity index (χ0) is 27.4. The van der Waals surface area contributed by atoms with Gasteiger partial charge in [0.2, 0.25) is 5.91 Å². The van der Waals surface area contributed by atoms with Gasteiger partial charge in [0.25, 0.3) is 0 Å². The molecule has 1 fully saturated rings. The first kappa shape index (κ1) is 26.5. The van der Waals surface area contributed by atoms with Crippen molar-refractivity contribution in [1.82, 2.24) is 14.5 Å². The minimum atomic E-state index is -4.79. The molecule has 0 aliphatic carbocycles. The van der Waals surface area contributed by atoms with Crippen molar-refractivity contribution in [3.63, 3.8) is 0 Å². The molecule has 2 aliphatic heterocycles. The number of amides is 1. The van der Waals surface area contributed by atoms with E-state index in [0.29, 0.717) is 13.1 Å². The third-order valence-corrected chi connectivity index (χ3v) is 8.21. The van der Waals surface area contributed by atoms with Crippen molar-refractivity contribution in [3.05, 3.63) is 63.8 Å². The van der Waals surface area contributed by atoms with Crippen molar-refractivity contribution >= 4 is 46.0 Å². The van der Waals surface area contributed by atoms with Crippen LogP contribution in [0, 0.1) is 5.82 Å². The topological polar surface area (TPSA) is 84.5 Å². The smallest absolute Gasteiger partial charge is 0.352 e. The van der Waals surface area contributed by atoms with Gasteiger partial charge in [-0.3, -0.25) is 9.36 Å². The first-order valence-electron chi connectivity index (χ1n) is 11.7. The van der Waals surface area contributed by atoms with E-state index in [2.05, 4.69) is 11.6 Å². The summed E-state index contributed by atoms with van der Waals surface area (Å²) in [6, 6.07) is 3.86. The number of anilines is 1. The van der Waals surface area contributed by atoms with Gasteiger partial charge in [0.05, 0.1) is 16.1 Å². The van der Waals surface area contributed by atoms with E-state index < -0.39 is 29.3 Å². The van der Waals surface area contributed by atoms with Gasteiger partial charge in [-0.2, -0.15) is 18.2 Å². The number of thioether (sulfide) groups is 1. The van der Waals surface area contributed by atoms with E-state index >= 15 is 0 Å². The lowest BCUT2D eigenvalue weighted by atomic mass is 9.96. The zero-order valence-electron chi connectivity index (χ0n) is 19.9. The zero-order valence-corrected chi connectivity index (χ0v) is 21.5. The molecule has 2 N–H and O–H groups in total. The van der Waals surface area contributed by atoms with Crippen molar-refractivity contribution in [1.29, 1.82) is 0 Å². The number of piperazine rings is 1. The number of carbonyl (C=O) groups excluding carboxylic acids is 1. The molecule has 7 nitrogen and oxygen atoms in total. The highest BCUT2D eigenvalue weighted by Crippen LogP contribution is 2.48. The van der Waals surface area contributed by atoms with Crippen molar-refractivity contribution in [2.24, 2.45) is 5.73 Å². The highest BCUT2D eigenvalue weighted by atomic mass is 35.5. The number of benzene rings is 2. The van der Waals surface area contributed by atoms with Crippen LogP contribution < -0.4 is 16.3 Å². The molecule has 3 heterocycles. The number of carbonyl (C=O) groups is 1. The minimum Gasteiger partial charge on any atom is -0.352 e. The maximum Gasteiger partial charge on any atom is 0.417 e. The van der Waals surface area contributed by atoms with E-state index in [-0.39, 0.29) is 69.1 Å². The van der Waals surface area contributed by atoms with Gasteiger partial charge in [-0.15, -0.1) is 11.8 Å². The number of hydrogen-bond donors (Lipinski definition) is 1. The Kier molecular flexibility index (Phi) is 6.91. The molecule has 2 aliphatic rings. The molecule has 1 aromatic heterocycles. The van der Waals surface area contributed by atoms with Gasteiger partial charge in [-0.1, -0.05) is 24.2 Å². The van der Waals surface area contributed by atoms with Crippen LogP contribution in [0.2, 0.25) is 5.02 Å². The third kappa shape index (κ3) is 4.65. The molecular weight excluding hydrogens is 546 g/mol. The number of halogens is 5. The summed E-state index contributed by atoms with van der Waals surface area (Å²) in [5, 5.41) is -0.174. The van der Waals surface area contributed by atoms with Crippen LogP contribution >= 0.6 is 23.4 Å². The standard InChI is InChI=1S/C25H22ClF4N5O2S/c1-2-19(36)33-5-7-34(8-6-33)23-15-10-16(25(28,29)30)20(13-3-4-18(27)17(26)9-13)22-21(15)35(24(37)32-23)11-14(31)12-38-22/h2-4,9-10,14H,1,5-8,11-12,31H2. The number of nitrogens with zero attached hydrogens (tertiary/aromatic N) is 4. The second-order valence-corrected chi connectivity index (χ2v) is 10.5. The lowest BCUT2D eigenvalue weighted by molar-refractivity contribution is -0.137. The first-order valence-corrected chi connectivity index (χ1v) is 13.0. The number of alkyl halides is 3. The van der Waals surface area contributed by atoms with Gasteiger partial charge in [0, 0.05) is 60.4 Å². The summed E-state index contributed by atoms with van der Waals surface area (Å²) in [6.07, 6.45) is -3.59. The molecule has 200 valence electrons. The quantitative estimate of drug-likeness (QED) is 0.378. The number of hydrogen-bond acceptors (Lipinski definition) is 6. The predicted molar refractivity (Wildman–Crippen MR) is 139 cm³/mol. The van der Waals surface area contributed by atoms with Crippen LogP contribution in [0.1, 0.15) is 5.56 Å². The molecule has 0 saturated carbocycles. The largest absolute Gasteiger partial charge is 0.417 e. The Morgan fingerprint density at radius 3 is 2.55 bits per heavy atom. The number of nitrogens with two attached hydrogens (primary N) is 1. The molecule has 1 amide bonds. The summed E-state index contributed by atoms with van der Waals surface area (Å²) in [5.74, 6) is -0.656. The van der Waals surface area contributed by atoms with Crippen LogP contribution in [-0.2, 0) is 17.5 Å². The van der Waals surface area contributed by atoms with Gasteiger partial charge in [0.15, 0.2) is 0 Å². The fourth-order valence-corrected chi connectivity index (χ4v) is 6.25. The monoisotopic (exact) mass is 567 g/mol. The fraction of sp³-hybridized carbons (Fsp3) is 0.320. The van der Waals surface area contributed by atoms with Crippen LogP contribution in [0.3, 0.4) is 0 Å². The summed E-state index contributed by atoms with van der Waals surface area (Å²) >= 11 is 7.06. The SMILES string of the molecule is C=CC(=O)N1CCN(c2nc(=O)n3c4c(c(-c5ccc(F)c(Cl)c5)c(C(F)(F)F)cc24)SCC(N)C3)CC1. The molecule has 0 spiro atoms. The van der Waals surface area contributed by atoms with Gasteiger partial charge in [-0.25, -0.2) is 9.18 Å². The number of aromatic nitrogens is 2. The van der Waals surface area contributed by atoms with Crippen LogP contribution in [0.5, 0.6) is 0 Å². The molecule has 3 aromatic rings. The van der Waals surface area contributed by atoms with Gasteiger partial charge in [-0.05, 0) is 29.8 Å². The van der Waals surface area contributed by atoms with Crippen molar-refractivity contribution in [3.8, 4) is 11.1 Å². The second kappa shape index (κ2) is 9.90. The van der Waals surface area contributed by atoms with E-state index in [4.69, 9.17) is 17.3 Å². The molecule has 0 bridgehead atoms. The highest BCUT2D eigenvalue weighted by Gasteiger charge is 2.38. The lowest BCUT2D eigenvalue weighted by Crippen LogP contribution is -2.49. The Morgan fingerprint density at radius 1 is 1.21 bits per heavy atom. The molecular formula is C25H22ClF4N5O2S. The van der Waals surface area contributed by atoms with E-state index in [9.17, 15) is 27.2 Å². The highest BCUT2D eigenvalue weighted by molar-refractivity contribution is 7.99. The lowest BCUT2D eigenvalue weighted by Gasteiger charge is -2.35. The maximum atomic E-state index is 14.6. The summed E-state index contributed by atoms with van der Waals surface area (Å²) < 4.78 is 59.0. The van der Waals surface area contributed by atoms with Gasteiger partial charge >= 0.3 is 11.9 Å². The molecule has 38 heavy (non-hydrogen) atoms. The Labute approximate surface area is 223 Å². The fourth-order valence-electron chi connectivity index (χ4n) is 4.85. The Balaban J connectivity index is 1.80. The first-order chi connectivity index (χ1) is 18.0. The van der Waals surface area contributed by atoms with Gasteiger partial charge < -0.3 is 15.5 Å². The third-order valence-electron chi connectivity index (χ3n) is 6.64. The average molecular weight is 568 g/mol. The summed E-state index contributed by atoms with van der Waals surface area (Å²) in [7, 11) is 0. The maximum absolute atomic E-state index is 14.6. The Morgan fingerprint density at radius 2 is 1.92 bits per heavy atom. The normalized spacial score (nSPS) is 18.0. The second-order valence-electron chi connectivity index (χ2n) is 9.07. The molecule has 0 radical (unpaired) electrons. The van der Waals surface area contributed by atoms with E-state index in [1.165, 1.54) is 16.7 Å². The predicted octanol–water partition coefficient (Wildman–Crippen LogP) is 4.14. The van der Waals surface area contributed by atoms with Gasteiger partial charge in [0.1, 0.15) is 11.6 Å². The van der Waals surface area contributed by atoms with Crippen LogP contribution in [-0.4, -0.2) is 58.3 Å². The molecule has 1 atom stereocenters. The molecule has 1 saturated heterocycles. The van der Waals surface area contributed by atoms with Crippen molar-refractivity contribution in [2.75, 3.05) is 36.8 Å². The average Bonchev–Trinajstić information content (AvgIpc) is 3.06. The van der Waals surface area contributed by atoms with E-state index in [1.807, 2.05) is 0 Å².